The molecule has 0 bridgehead atoms. The molecule has 29 heavy (non-hydrogen) atoms. The van der Waals surface area contributed by atoms with Crippen LogP contribution in [-0.4, -0.2) is 42.9 Å². The molecule has 0 radical (unpaired) electrons. The summed E-state index contributed by atoms with van der Waals surface area (Å²) in [5.41, 5.74) is -2.94. The molecule has 1 fully saturated rings. The lowest BCUT2D eigenvalue weighted by Crippen LogP contribution is -2.69. The molecule has 0 aliphatic heterocycles. The predicted molar refractivity (Wildman–Crippen MR) is 99.0 cm³/mol. The first-order chi connectivity index (χ1) is 13.7. The average Bonchev–Trinajstić information content (AvgIpc) is 3.45. The van der Waals surface area contributed by atoms with Crippen molar-refractivity contribution in [1.29, 1.82) is 0 Å². The van der Waals surface area contributed by atoms with Gasteiger partial charge in [-0.25, -0.2) is 9.78 Å². The highest BCUT2D eigenvalue weighted by Gasteiger charge is 2.64. The lowest BCUT2D eigenvalue weighted by atomic mass is 10.1. The standard InChI is InChI=1S/C18H18F3N3O4S/c1-27-12-7-5-11(6-8-12)14(25)23-17(15(26)28-2,18(19,20)21)24-16-22-13(9-29-16)10-3-4-10/h5-10H,3-4H2,1-2H3,(H,22,24)(H,23,25). The van der Waals surface area contributed by atoms with Gasteiger partial charge in [-0.2, -0.15) is 13.2 Å². The summed E-state index contributed by atoms with van der Waals surface area (Å²) < 4.78 is 51.5. The molecule has 1 aromatic heterocycles. The van der Waals surface area contributed by atoms with Crippen molar-refractivity contribution < 1.29 is 32.2 Å². The highest BCUT2D eigenvalue weighted by molar-refractivity contribution is 7.13. The number of halogens is 3. The Morgan fingerprint density at radius 1 is 1.17 bits per heavy atom. The van der Waals surface area contributed by atoms with Crippen LogP contribution in [0.25, 0.3) is 0 Å². The summed E-state index contributed by atoms with van der Waals surface area (Å²) in [6.07, 6.45) is -3.38. The summed E-state index contributed by atoms with van der Waals surface area (Å²) in [5, 5.41) is 5.29. The largest absolute Gasteiger partial charge is 0.497 e. The van der Waals surface area contributed by atoms with Crippen LogP contribution in [0.5, 0.6) is 5.75 Å². The molecule has 2 aromatic rings. The second-order valence-corrected chi connectivity index (χ2v) is 7.26. The van der Waals surface area contributed by atoms with Crippen LogP contribution in [-0.2, 0) is 9.53 Å². The van der Waals surface area contributed by atoms with Gasteiger partial charge < -0.3 is 20.1 Å². The van der Waals surface area contributed by atoms with Crippen LogP contribution in [0.4, 0.5) is 18.3 Å². The fraction of sp³-hybridized carbons (Fsp3) is 0.389. The summed E-state index contributed by atoms with van der Waals surface area (Å²) in [5.74, 6) is -2.20. The van der Waals surface area contributed by atoms with Gasteiger partial charge in [0, 0.05) is 16.9 Å². The number of esters is 1. The van der Waals surface area contributed by atoms with E-state index < -0.39 is 23.7 Å². The van der Waals surface area contributed by atoms with E-state index in [1.165, 1.54) is 31.4 Å². The SMILES string of the molecule is COC(=O)C(NC(=O)c1ccc(OC)cc1)(Nc1nc(C2CC2)cs1)C(F)(F)F. The normalized spacial score (nSPS) is 15.9. The molecule has 1 aliphatic rings. The van der Waals surface area contributed by atoms with Crippen LogP contribution in [0, 0.1) is 0 Å². The summed E-state index contributed by atoms with van der Waals surface area (Å²) in [7, 11) is 2.22. The molecule has 3 rings (SSSR count). The number of thiazole rings is 1. The van der Waals surface area contributed by atoms with Crippen LogP contribution >= 0.6 is 11.3 Å². The first kappa shape index (κ1) is 20.9. The number of hydrogen-bond donors (Lipinski definition) is 2. The zero-order valence-electron chi connectivity index (χ0n) is 15.5. The van der Waals surface area contributed by atoms with E-state index in [0.717, 1.165) is 31.3 Å². The topological polar surface area (TPSA) is 89.5 Å². The van der Waals surface area contributed by atoms with Gasteiger partial charge in [0.15, 0.2) is 5.13 Å². The molecule has 0 saturated heterocycles. The lowest BCUT2D eigenvalue weighted by Gasteiger charge is -2.34. The van der Waals surface area contributed by atoms with E-state index in [2.05, 4.69) is 15.0 Å². The summed E-state index contributed by atoms with van der Waals surface area (Å²) in [6, 6.07) is 5.39. The minimum absolute atomic E-state index is 0.0945. The highest BCUT2D eigenvalue weighted by atomic mass is 32.1. The third-order valence-corrected chi connectivity index (χ3v) is 5.16. The molecule has 156 valence electrons. The Hall–Kier alpha value is -2.82. The molecule has 7 nitrogen and oxygen atoms in total. The number of ether oxygens (including phenoxy) is 2. The Morgan fingerprint density at radius 3 is 2.34 bits per heavy atom. The minimum Gasteiger partial charge on any atom is -0.497 e. The van der Waals surface area contributed by atoms with Gasteiger partial charge in [0.1, 0.15) is 5.75 Å². The first-order valence-electron chi connectivity index (χ1n) is 8.55. The molecule has 1 unspecified atom stereocenters. The van der Waals surface area contributed by atoms with Gasteiger partial charge >= 0.3 is 17.8 Å². The number of nitrogens with one attached hydrogen (secondary N) is 2. The number of amides is 1. The van der Waals surface area contributed by atoms with Gasteiger partial charge in [-0.3, -0.25) is 4.79 Å². The number of benzene rings is 1. The molecule has 1 aliphatic carbocycles. The van der Waals surface area contributed by atoms with Gasteiger partial charge in [-0.15, -0.1) is 11.3 Å². The van der Waals surface area contributed by atoms with Crippen LogP contribution < -0.4 is 15.4 Å². The second kappa shape index (κ2) is 7.90. The summed E-state index contributed by atoms with van der Waals surface area (Å²) in [4.78, 5) is 28.9. The van der Waals surface area contributed by atoms with Crippen molar-refractivity contribution in [3.63, 3.8) is 0 Å². The fourth-order valence-corrected chi connectivity index (χ4v) is 3.45. The molecule has 1 amide bonds. The number of carbonyl (C=O) groups is 2. The van der Waals surface area contributed by atoms with Gasteiger partial charge in [-0.1, -0.05) is 0 Å². The third kappa shape index (κ3) is 4.29. The van der Waals surface area contributed by atoms with Crippen molar-refractivity contribution in [2.75, 3.05) is 19.5 Å². The summed E-state index contributed by atoms with van der Waals surface area (Å²) in [6.45, 7) is 0. The number of alkyl halides is 3. The number of hydrogen-bond acceptors (Lipinski definition) is 7. The monoisotopic (exact) mass is 429 g/mol. The molecular weight excluding hydrogens is 411 g/mol. The number of carbonyl (C=O) groups excluding carboxylic acids is 2. The van der Waals surface area contributed by atoms with Gasteiger partial charge in [0.25, 0.3) is 5.91 Å². The second-order valence-electron chi connectivity index (χ2n) is 6.40. The molecule has 11 heteroatoms. The van der Waals surface area contributed by atoms with Crippen LogP contribution in [0.15, 0.2) is 29.6 Å². The maximum atomic E-state index is 14.0. The van der Waals surface area contributed by atoms with E-state index in [1.54, 1.807) is 10.7 Å². The lowest BCUT2D eigenvalue weighted by molar-refractivity contribution is -0.203. The molecule has 1 aromatic carbocycles. The van der Waals surface area contributed by atoms with Gasteiger partial charge in [0.05, 0.1) is 19.9 Å². The average molecular weight is 429 g/mol. The number of nitrogens with zero attached hydrogens (tertiary/aromatic N) is 1. The number of methoxy groups -OCH3 is 2. The zero-order valence-corrected chi connectivity index (χ0v) is 16.3. The smallest absolute Gasteiger partial charge is 0.442 e. The maximum absolute atomic E-state index is 14.0. The number of aromatic nitrogens is 1. The maximum Gasteiger partial charge on any atom is 0.442 e. The van der Waals surface area contributed by atoms with Crippen molar-refractivity contribution in [2.24, 2.45) is 0 Å². The Morgan fingerprint density at radius 2 is 1.83 bits per heavy atom. The molecule has 1 saturated carbocycles. The van der Waals surface area contributed by atoms with E-state index in [0.29, 0.717) is 11.4 Å². The van der Waals surface area contributed by atoms with Crippen molar-refractivity contribution in [2.45, 2.75) is 30.6 Å². The third-order valence-electron chi connectivity index (χ3n) is 4.38. The number of anilines is 1. The van der Waals surface area contributed by atoms with E-state index in [1.807, 2.05) is 0 Å². The Kier molecular flexibility index (Phi) is 5.69. The molecule has 0 spiro atoms. The van der Waals surface area contributed by atoms with Gasteiger partial charge in [-0.05, 0) is 37.1 Å². The van der Waals surface area contributed by atoms with Gasteiger partial charge in [0.2, 0.25) is 0 Å². The van der Waals surface area contributed by atoms with Crippen LogP contribution in [0.3, 0.4) is 0 Å². The van der Waals surface area contributed by atoms with E-state index >= 15 is 0 Å². The molecule has 2 N–H and O–H groups in total. The quantitative estimate of drug-likeness (QED) is 0.519. The molecule has 1 atom stereocenters. The molecular formula is C18H18F3N3O4S. The first-order valence-corrected chi connectivity index (χ1v) is 9.43. The highest BCUT2D eigenvalue weighted by Crippen LogP contribution is 2.42. The van der Waals surface area contributed by atoms with Crippen LogP contribution in [0.1, 0.15) is 34.8 Å². The zero-order chi connectivity index (χ0) is 21.2. The van der Waals surface area contributed by atoms with E-state index in [9.17, 15) is 22.8 Å². The Bertz CT molecular complexity index is 897. The van der Waals surface area contributed by atoms with Crippen molar-refractivity contribution in [1.82, 2.24) is 10.3 Å². The van der Waals surface area contributed by atoms with Crippen molar-refractivity contribution in [3.8, 4) is 5.75 Å². The number of rotatable bonds is 7. The predicted octanol–water partition coefficient (Wildman–Crippen LogP) is 3.30. The van der Waals surface area contributed by atoms with E-state index in [-0.39, 0.29) is 16.6 Å². The summed E-state index contributed by atoms with van der Waals surface area (Å²) >= 11 is 0.919. The van der Waals surface area contributed by atoms with Crippen molar-refractivity contribution in [3.05, 3.63) is 40.9 Å². The minimum atomic E-state index is -5.21. The molecule has 1 heterocycles. The van der Waals surface area contributed by atoms with Crippen molar-refractivity contribution >= 4 is 28.3 Å². The van der Waals surface area contributed by atoms with E-state index in [4.69, 9.17) is 4.74 Å². The van der Waals surface area contributed by atoms with Crippen LogP contribution in [0.2, 0.25) is 0 Å². The Labute approximate surface area is 168 Å². The fourth-order valence-electron chi connectivity index (χ4n) is 2.60. The Balaban J connectivity index is 1.93.